The Bertz CT molecular complexity index is 545. The third-order valence-electron chi connectivity index (χ3n) is 3.80. The molecule has 0 spiro atoms. The predicted octanol–water partition coefficient (Wildman–Crippen LogP) is 4.72. The highest BCUT2D eigenvalue weighted by molar-refractivity contribution is 5.24. The Hall–Kier alpha value is -1.67. The number of halogens is 1. The molecule has 1 heterocycles. The second kappa shape index (κ2) is 7.94. The molecule has 0 saturated carbocycles. The number of benzene rings is 2. The van der Waals surface area contributed by atoms with E-state index in [4.69, 9.17) is 0 Å². The lowest BCUT2D eigenvalue weighted by Gasteiger charge is -2.15. The van der Waals surface area contributed by atoms with Crippen LogP contribution in [-0.2, 0) is 6.54 Å². The molecule has 1 nitrogen and oxygen atoms in total. The van der Waals surface area contributed by atoms with Gasteiger partial charge in [0, 0.05) is 12.1 Å². The van der Waals surface area contributed by atoms with Gasteiger partial charge >= 0.3 is 0 Å². The fraction of sp³-hybridized carbons (Fsp3) is 0.368. The van der Waals surface area contributed by atoms with Crippen molar-refractivity contribution in [3.05, 3.63) is 71.0 Å². The molecule has 1 saturated heterocycles. The Morgan fingerprint density at radius 1 is 0.905 bits per heavy atom. The van der Waals surface area contributed by atoms with Crippen molar-refractivity contribution < 1.29 is 4.39 Å². The Balaban J connectivity index is 0.000000194. The first-order chi connectivity index (χ1) is 10.2. The van der Waals surface area contributed by atoms with E-state index in [9.17, 15) is 4.39 Å². The van der Waals surface area contributed by atoms with Crippen LogP contribution in [0.2, 0.25) is 0 Å². The van der Waals surface area contributed by atoms with Crippen molar-refractivity contribution in [3.8, 4) is 0 Å². The van der Waals surface area contributed by atoms with Gasteiger partial charge in [-0.15, -0.1) is 0 Å². The molecule has 2 aromatic rings. The molecule has 2 aromatic carbocycles. The van der Waals surface area contributed by atoms with E-state index >= 15 is 0 Å². The highest BCUT2D eigenvalue weighted by Crippen LogP contribution is 2.17. The van der Waals surface area contributed by atoms with Crippen molar-refractivity contribution in [2.75, 3.05) is 13.1 Å². The van der Waals surface area contributed by atoms with Gasteiger partial charge in [0.1, 0.15) is 5.82 Å². The molecule has 1 fully saturated rings. The lowest BCUT2D eigenvalue weighted by molar-refractivity contribution is 0.325. The zero-order valence-electron chi connectivity index (χ0n) is 13.0. The van der Waals surface area contributed by atoms with E-state index in [1.807, 2.05) is 43.3 Å². The molecule has 0 radical (unpaired) electrons. The van der Waals surface area contributed by atoms with Crippen LogP contribution in [0.1, 0.15) is 29.5 Å². The summed E-state index contributed by atoms with van der Waals surface area (Å²) in [5.74, 6) is -0.0283. The lowest BCUT2D eigenvalue weighted by Crippen LogP contribution is -2.19. The van der Waals surface area contributed by atoms with Crippen molar-refractivity contribution in [1.29, 1.82) is 0 Å². The molecule has 0 N–H and O–H groups in total. The molecule has 0 aliphatic carbocycles. The summed E-state index contributed by atoms with van der Waals surface area (Å²) < 4.78 is 13.6. The summed E-state index contributed by atoms with van der Waals surface area (Å²) >= 11 is 0. The quantitative estimate of drug-likeness (QED) is 0.771. The van der Waals surface area contributed by atoms with Crippen LogP contribution in [0.25, 0.3) is 0 Å². The molecule has 1 aliphatic heterocycles. The molecular weight excluding hydrogens is 261 g/mol. The summed E-state index contributed by atoms with van der Waals surface area (Å²) in [6.45, 7) is 6.91. The van der Waals surface area contributed by atoms with Gasteiger partial charge in [0.05, 0.1) is 0 Å². The molecule has 3 rings (SSSR count). The van der Waals surface area contributed by atoms with Crippen LogP contribution in [0.3, 0.4) is 0 Å². The van der Waals surface area contributed by atoms with Gasteiger partial charge < -0.3 is 0 Å². The van der Waals surface area contributed by atoms with E-state index in [0.29, 0.717) is 0 Å². The summed E-state index contributed by atoms with van der Waals surface area (Å²) in [6.07, 6.45) is 2.51. The maximum absolute atomic E-state index is 13.6. The Labute approximate surface area is 127 Å². The first-order valence-electron chi connectivity index (χ1n) is 7.65. The number of hydrogen-bond acceptors (Lipinski definition) is 1. The van der Waals surface area contributed by atoms with E-state index in [0.717, 1.165) is 30.8 Å². The predicted molar refractivity (Wildman–Crippen MR) is 86.8 cm³/mol. The van der Waals surface area contributed by atoms with Crippen molar-refractivity contribution in [3.63, 3.8) is 0 Å². The molecule has 2 heteroatoms. The zero-order valence-corrected chi connectivity index (χ0v) is 13.0. The largest absolute Gasteiger partial charge is 0.299 e. The molecule has 0 bridgehead atoms. The highest BCUT2D eigenvalue weighted by Gasteiger charge is 2.14. The van der Waals surface area contributed by atoms with Gasteiger partial charge in [-0.05, 0) is 45.3 Å². The minimum absolute atomic E-state index is 0.0283. The van der Waals surface area contributed by atoms with E-state index < -0.39 is 0 Å². The average molecular weight is 285 g/mol. The molecule has 112 valence electrons. The fourth-order valence-electron chi connectivity index (χ4n) is 2.55. The monoisotopic (exact) mass is 285 g/mol. The number of likely N-dealkylation sites (tertiary alicyclic amines) is 1. The molecule has 0 amide bonds. The smallest absolute Gasteiger partial charge is 0.130 e. The van der Waals surface area contributed by atoms with Crippen molar-refractivity contribution in [2.24, 2.45) is 0 Å². The van der Waals surface area contributed by atoms with E-state index in [2.05, 4.69) is 24.0 Å². The highest BCUT2D eigenvalue weighted by atomic mass is 19.1. The lowest BCUT2D eigenvalue weighted by atomic mass is 10.1. The van der Waals surface area contributed by atoms with E-state index in [1.54, 1.807) is 0 Å². The van der Waals surface area contributed by atoms with E-state index in [1.165, 1.54) is 18.4 Å². The molecule has 0 atom stereocenters. The Kier molecular flexibility index (Phi) is 5.94. The Morgan fingerprint density at radius 2 is 1.57 bits per heavy atom. The van der Waals surface area contributed by atoms with Gasteiger partial charge in [-0.2, -0.15) is 0 Å². The first kappa shape index (κ1) is 15.7. The SMILES string of the molecule is Cc1cccc(CN2CCCC2)c1F.Cc1ccccc1. The topological polar surface area (TPSA) is 3.24 Å². The van der Waals surface area contributed by atoms with Gasteiger partial charge in [-0.25, -0.2) is 4.39 Å². The summed E-state index contributed by atoms with van der Waals surface area (Å²) in [4.78, 5) is 2.32. The van der Waals surface area contributed by atoms with E-state index in [-0.39, 0.29) is 5.82 Å². The van der Waals surface area contributed by atoms with Crippen LogP contribution in [0.15, 0.2) is 48.5 Å². The summed E-state index contributed by atoms with van der Waals surface area (Å²) in [7, 11) is 0. The maximum Gasteiger partial charge on any atom is 0.130 e. The second-order valence-corrected chi connectivity index (χ2v) is 5.69. The molecule has 1 aliphatic rings. The summed E-state index contributed by atoms with van der Waals surface area (Å²) in [5, 5.41) is 0. The minimum Gasteiger partial charge on any atom is -0.299 e. The van der Waals surface area contributed by atoms with Gasteiger partial charge in [0.2, 0.25) is 0 Å². The number of hydrogen-bond donors (Lipinski definition) is 0. The number of aryl methyl sites for hydroxylation is 2. The van der Waals surface area contributed by atoms with Crippen LogP contribution in [0, 0.1) is 19.7 Å². The van der Waals surface area contributed by atoms with Gasteiger partial charge in [-0.3, -0.25) is 4.90 Å². The molecule has 21 heavy (non-hydrogen) atoms. The van der Waals surface area contributed by atoms with Gasteiger partial charge in [-0.1, -0.05) is 54.1 Å². The van der Waals surface area contributed by atoms with Crippen molar-refractivity contribution in [1.82, 2.24) is 4.90 Å². The van der Waals surface area contributed by atoms with Gasteiger partial charge in [0.15, 0.2) is 0 Å². The third kappa shape index (κ3) is 4.98. The van der Waals surface area contributed by atoms with Crippen molar-refractivity contribution in [2.45, 2.75) is 33.2 Å². The van der Waals surface area contributed by atoms with Crippen LogP contribution >= 0.6 is 0 Å². The fourth-order valence-corrected chi connectivity index (χ4v) is 2.55. The Morgan fingerprint density at radius 3 is 2.14 bits per heavy atom. The maximum atomic E-state index is 13.6. The van der Waals surface area contributed by atoms with Gasteiger partial charge in [0.25, 0.3) is 0 Å². The average Bonchev–Trinajstić information content (AvgIpc) is 2.98. The summed E-state index contributed by atoms with van der Waals surface area (Å²) in [5.41, 5.74) is 2.91. The molecule has 0 aromatic heterocycles. The molecule has 0 unspecified atom stereocenters. The van der Waals surface area contributed by atoms with Crippen LogP contribution in [0.4, 0.5) is 4.39 Å². The number of rotatable bonds is 2. The van der Waals surface area contributed by atoms with Crippen LogP contribution in [0.5, 0.6) is 0 Å². The number of nitrogens with zero attached hydrogens (tertiary/aromatic N) is 1. The van der Waals surface area contributed by atoms with Crippen molar-refractivity contribution >= 4 is 0 Å². The second-order valence-electron chi connectivity index (χ2n) is 5.69. The standard InChI is InChI=1S/C12H16FN.C7H8/c1-10-5-4-6-11(12(10)13)9-14-7-2-3-8-14;1-7-5-3-2-4-6-7/h4-6H,2-3,7-9H2,1H3;2-6H,1H3. The molecular formula is C19H24FN. The first-order valence-corrected chi connectivity index (χ1v) is 7.65. The third-order valence-corrected chi connectivity index (χ3v) is 3.80. The van der Waals surface area contributed by atoms with Crippen LogP contribution < -0.4 is 0 Å². The normalized spacial score (nSPS) is 14.6. The zero-order chi connectivity index (χ0) is 15.1. The summed E-state index contributed by atoms with van der Waals surface area (Å²) in [6, 6.07) is 15.9. The van der Waals surface area contributed by atoms with Crippen LogP contribution in [-0.4, -0.2) is 18.0 Å². The minimum atomic E-state index is -0.0283.